The molecule has 6 aromatic carbocycles. The first-order chi connectivity index (χ1) is 42.7. The van der Waals surface area contributed by atoms with Gasteiger partial charge < -0.3 is 44.2 Å². The van der Waals surface area contributed by atoms with Crippen LogP contribution in [0, 0.1) is 11.3 Å². The highest BCUT2D eigenvalue weighted by Gasteiger charge is 2.19. The number of halogens is 2. The van der Waals surface area contributed by atoms with Crippen LogP contribution >= 0.6 is 23.5 Å². The third-order valence-electron chi connectivity index (χ3n) is 12.9. The van der Waals surface area contributed by atoms with E-state index in [2.05, 4.69) is 15.1 Å². The summed E-state index contributed by atoms with van der Waals surface area (Å²) in [5.41, 5.74) is 16.3. The van der Waals surface area contributed by atoms with Gasteiger partial charge in [-0.25, -0.2) is 9.97 Å². The van der Waals surface area contributed by atoms with Gasteiger partial charge in [0.05, 0.1) is 75.9 Å². The van der Waals surface area contributed by atoms with Gasteiger partial charge in [0.25, 0.3) is 0 Å². The Morgan fingerprint density at radius 1 is 0.719 bits per heavy atom. The minimum Gasteiger partial charge on any atom is -0.508 e. The van der Waals surface area contributed by atoms with Crippen molar-refractivity contribution in [1.29, 1.82) is 5.26 Å². The molecule has 9 rings (SSSR count). The molecule has 2 N–H and O–H groups in total. The molecule has 89 heavy (non-hydrogen) atoms. The number of fused-ring (bicyclic) bond motifs is 1. The molecule has 2 unspecified atom stereocenters. The van der Waals surface area contributed by atoms with Crippen molar-refractivity contribution in [2.45, 2.75) is 104 Å². The monoisotopic (exact) mass is 1250 g/mol. The van der Waals surface area contributed by atoms with E-state index in [4.69, 9.17) is 72.6 Å². The van der Waals surface area contributed by atoms with Gasteiger partial charge in [-0.2, -0.15) is 10.1 Å². The standard InChI is InChI=1S/C27H23N3O3.C13H18O3.C10H10N2O2.C9H9ClO2.C6H9NO.C4H9ClO/c1-33-22-13-7-19(8-14-22)16-24-27(32)30-17-25(20-9-11-21(31)12-10-20)28-23(26(30)29-24)15-18-5-3-2-4-6-18;1-4-16-10(2)13(14)9-11-5-7-12(15-3)8-6-11;1-14-10-4-2-8(3-5-10)6-9(13)7-12-11;1-12-8-4-2-7(3-5-8)6-9(10)11;7-4-3-6-2-1-5-8-6;1-4(2,3)6-5/h2-14,17,31-32H,15-16H2,1H3;5-8,10H,4,9H2,1-3H3;2-5,7H,6H2,1H3;2-5H,6H2,1H3;6H,1-3,5H2;1-3H3. The van der Waals surface area contributed by atoms with E-state index < -0.39 is 0 Å². The Morgan fingerprint density at radius 3 is 1.63 bits per heavy atom. The zero-order valence-electron chi connectivity index (χ0n) is 51.7. The first-order valence-electron chi connectivity index (χ1n) is 28.5. The maximum atomic E-state index is 11.7. The molecular formula is C69H78Cl2N6O12. The van der Waals surface area contributed by atoms with Crippen molar-refractivity contribution < 1.29 is 62.1 Å². The summed E-state index contributed by atoms with van der Waals surface area (Å²) in [6, 6.07) is 48.6. The van der Waals surface area contributed by atoms with Crippen molar-refractivity contribution in [2.24, 2.45) is 0 Å². The lowest BCUT2D eigenvalue weighted by molar-refractivity contribution is -0.128. The van der Waals surface area contributed by atoms with E-state index in [1.54, 1.807) is 94.5 Å². The number of nitriles is 1. The first kappa shape index (κ1) is 72.6. The average molecular weight is 1250 g/mol. The number of phenolic OH excluding ortho intramolecular Hbond substituents is 1. The Balaban J connectivity index is 0.000000254. The largest absolute Gasteiger partial charge is 0.508 e. The van der Waals surface area contributed by atoms with Crippen molar-refractivity contribution in [3.05, 3.63) is 203 Å². The molecule has 1 fully saturated rings. The van der Waals surface area contributed by atoms with Crippen LogP contribution in [0.5, 0.6) is 34.6 Å². The highest BCUT2D eigenvalue weighted by Crippen LogP contribution is 2.30. The lowest BCUT2D eigenvalue weighted by Crippen LogP contribution is -2.22. The molecule has 0 aliphatic carbocycles. The molecule has 470 valence electrons. The van der Waals surface area contributed by atoms with Crippen LogP contribution in [0.3, 0.4) is 0 Å². The van der Waals surface area contributed by atoms with Crippen molar-refractivity contribution in [3.8, 4) is 52.0 Å². The second kappa shape index (κ2) is 39.1. The molecule has 1 aliphatic rings. The highest BCUT2D eigenvalue weighted by atomic mass is 35.5. The number of hydrogen-bond donors (Lipinski definition) is 2. The number of rotatable bonds is 20. The number of methoxy groups -OCH3 is 4. The fourth-order valence-electron chi connectivity index (χ4n) is 8.17. The van der Waals surface area contributed by atoms with Crippen LogP contribution in [0.2, 0.25) is 0 Å². The Bertz CT molecular complexity index is 3490. The summed E-state index contributed by atoms with van der Waals surface area (Å²) in [5.74, 6) is 3.26. The molecular weight excluding hydrogens is 1180 g/mol. The number of carbonyl (C=O) groups is 3. The van der Waals surface area contributed by atoms with Gasteiger partial charge in [-0.3, -0.25) is 23.1 Å². The number of Topliss-reactive ketones (excluding diaryl/α,β-unsaturated/α-hetero) is 2. The molecule has 1 aliphatic heterocycles. The van der Waals surface area contributed by atoms with Crippen LogP contribution in [-0.4, -0.2) is 112 Å². The van der Waals surface area contributed by atoms with Gasteiger partial charge >= 0.3 is 6.21 Å². The summed E-state index contributed by atoms with van der Waals surface area (Å²) in [6.45, 7) is 10.8. The molecule has 8 aromatic rings. The smallest absolute Gasteiger partial charge is 0.323 e. The quantitative estimate of drug-likeness (QED) is 0.0312. The fraction of sp³-hybridized carbons (Fsp3) is 0.319. The van der Waals surface area contributed by atoms with E-state index in [1.165, 1.54) is 0 Å². The van der Waals surface area contributed by atoms with Crippen LogP contribution in [0.1, 0.15) is 93.1 Å². The van der Waals surface area contributed by atoms with Crippen molar-refractivity contribution in [2.75, 3.05) is 41.7 Å². The SMILES string of the molecule is CC(C)(C)OCl.CCOC(C)C(=O)Cc1ccc(OC)cc1.COc1ccc(CC(=O)C=[N+]=[N-])cc1.COc1ccc(CC(=O)Cl)cc1.COc1ccc(Cc2nc3c(Cc4ccccc4)nc(-c4ccc(O)cc4)cn3c2O)cc1.N#CCC1CCCO1. The zero-order valence-corrected chi connectivity index (χ0v) is 53.2. The Kier molecular flexibility index (Phi) is 31.9. The van der Waals surface area contributed by atoms with E-state index in [0.29, 0.717) is 49.3 Å². The molecule has 2 aromatic heterocycles. The van der Waals surface area contributed by atoms with E-state index >= 15 is 0 Å². The second-order valence-electron chi connectivity index (χ2n) is 20.8. The number of ether oxygens (including phenoxy) is 6. The maximum absolute atomic E-state index is 11.7. The van der Waals surface area contributed by atoms with Gasteiger partial charge in [-0.05, 0) is 160 Å². The van der Waals surface area contributed by atoms with Crippen LogP contribution < -0.4 is 18.9 Å². The third kappa shape index (κ3) is 26.9. The summed E-state index contributed by atoms with van der Waals surface area (Å²) in [6.07, 6.45) is 7.35. The first-order valence-corrected chi connectivity index (χ1v) is 29.2. The van der Waals surface area contributed by atoms with Crippen LogP contribution in [-0.2, 0) is 60.3 Å². The minimum absolute atomic E-state index is 0.0950. The Hall–Kier alpha value is -8.92. The number of imidazole rings is 1. The average Bonchev–Trinajstić information content (AvgIpc) is 1.83. The number of nitrogens with zero attached hydrogens (tertiary/aromatic N) is 6. The van der Waals surface area contributed by atoms with Gasteiger partial charge in [0.2, 0.25) is 16.9 Å². The van der Waals surface area contributed by atoms with Gasteiger partial charge in [0.1, 0.15) is 40.5 Å². The molecule has 2 atom stereocenters. The topological polar surface area (TPSA) is 247 Å². The minimum atomic E-state index is -0.347. The summed E-state index contributed by atoms with van der Waals surface area (Å²) in [5, 5.41) is 28.6. The van der Waals surface area contributed by atoms with Crippen LogP contribution in [0.4, 0.5) is 0 Å². The summed E-state index contributed by atoms with van der Waals surface area (Å²) < 4.78 is 36.7. The molecule has 20 heteroatoms. The van der Waals surface area contributed by atoms with E-state index in [0.717, 1.165) is 87.7 Å². The summed E-state index contributed by atoms with van der Waals surface area (Å²) in [4.78, 5) is 45.6. The maximum Gasteiger partial charge on any atom is 0.323 e. The number of benzene rings is 6. The lowest BCUT2D eigenvalue weighted by atomic mass is 10.1. The van der Waals surface area contributed by atoms with E-state index in [9.17, 15) is 24.6 Å². The predicted octanol–water partition coefficient (Wildman–Crippen LogP) is 13.4. The molecule has 1 saturated heterocycles. The number of phenols is 1. The van der Waals surface area contributed by atoms with Gasteiger partial charge in [0, 0.05) is 57.1 Å². The van der Waals surface area contributed by atoms with Gasteiger partial charge in [-0.1, -0.05) is 78.9 Å². The van der Waals surface area contributed by atoms with Crippen LogP contribution in [0.15, 0.2) is 158 Å². The van der Waals surface area contributed by atoms with Crippen LogP contribution in [0.25, 0.3) is 22.4 Å². The van der Waals surface area contributed by atoms with E-state index in [1.807, 2.05) is 131 Å². The fourth-order valence-corrected chi connectivity index (χ4v) is 8.33. The number of aromatic hydroxyl groups is 2. The molecule has 0 radical (unpaired) electrons. The van der Waals surface area contributed by atoms with Crippen molar-refractivity contribution >= 4 is 52.1 Å². The molecule has 0 bridgehead atoms. The highest BCUT2D eigenvalue weighted by molar-refractivity contribution is 6.63. The Labute approximate surface area is 531 Å². The molecule has 3 heterocycles. The zero-order chi connectivity index (χ0) is 65.1. The molecule has 18 nitrogen and oxygen atoms in total. The van der Waals surface area contributed by atoms with Crippen molar-refractivity contribution in [1.82, 2.24) is 14.4 Å². The molecule has 0 spiro atoms. The normalized spacial score (nSPS) is 12.3. The number of hydrogen-bond acceptors (Lipinski definition) is 15. The number of carbonyl (C=O) groups excluding carboxylic acids is 3. The summed E-state index contributed by atoms with van der Waals surface area (Å²) >= 11 is 10.2. The number of aromatic nitrogens is 3. The molecule has 0 saturated carbocycles. The van der Waals surface area contributed by atoms with Crippen molar-refractivity contribution in [3.63, 3.8) is 0 Å². The van der Waals surface area contributed by atoms with Gasteiger partial charge in [0.15, 0.2) is 11.4 Å². The second-order valence-corrected chi connectivity index (χ2v) is 21.3. The third-order valence-corrected chi connectivity index (χ3v) is 13.4. The number of ketones is 2. The lowest BCUT2D eigenvalue weighted by Gasteiger charge is -2.10. The predicted molar refractivity (Wildman–Crippen MR) is 344 cm³/mol. The molecule has 0 amide bonds. The van der Waals surface area contributed by atoms with E-state index in [-0.39, 0.29) is 59.1 Å². The summed E-state index contributed by atoms with van der Waals surface area (Å²) in [7, 11) is 6.44. The Morgan fingerprint density at radius 2 is 1.19 bits per heavy atom. The van der Waals surface area contributed by atoms with Gasteiger partial charge in [-0.15, -0.1) is 0 Å².